The average Bonchev–Trinajstić information content (AvgIpc) is 3.28. The number of ether oxygens (including phenoxy) is 1. The number of furan rings is 1. The number of carbonyl (C=O) groups is 2. The van der Waals surface area contributed by atoms with E-state index in [1.54, 1.807) is 24.3 Å². The Bertz CT molecular complexity index is 888. The number of rotatable bonds is 6. The number of methoxy groups -OCH3 is 1. The molecule has 3 rings (SSSR count). The van der Waals surface area contributed by atoms with Gasteiger partial charge < -0.3 is 19.2 Å². The molecule has 1 N–H and O–H groups in total. The van der Waals surface area contributed by atoms with Crippen LogP contribution >= 0.6 is 11.6 Å². The third-order valence-corrected chi connectivity index (χ3v) is 4.86. The Morgan fingerprint density at radius 1 is 1.33 bits per heavy atom. The van der Waals surface area contributed by atoms with Crippen LogP contribution in [0.3, 0.4) is 0 Å². The molecule has 1 aromatic heterocycles. The summed E-state index contributed by atoms with van der Waals surface area (Å²) in [5.74, 6) is -0.895. The molecule has 1 atom stereocenters. The van der Waals surface area contributed by atoms with Crippen LogP contribution in [0.25, 0.3) is 5.76 Å². The summed E-state index contributed by atoms with van der Waals surface area (Å²) in [4.78, 5) is 26.8. The minimum Gasteiger partial charge on any atom is -0.507 e. The van der Waals surface area contributed by atoms with Gasteiger partial charge in [-0.15, -0.1) is 0 Å². The predicted molar refractivity (Wildman–Crippen MR) is 101 cm³/mol. The maximum absolute atomic E-state index is 12.7. The van der Waals surface area contributed by atoms with Gasteiger partial charge in [-0.1, -0.05) is 24.9 Å². The number of hydrogen-bond acceptors (Lipinski definition) is 5. The molecule has 1 aliphatic rings. The minimum atomic E-state index is -0.797. The van der Waals surface area contributed by atoms with Crippen LogP contribution in [0.1, 0.15) is 37.1 Å². The number of hydrogen-bond donors (Lipinski definition) is 1. The summed E-state index contributed by atoms with van der Waals surface area (Å²) >= 11 is 6.22. The van der Waals surface area contributed by atoms with E-state index in [1.165, 1.54) is 24.3 Å². The van der Waals surface area contributed by atoms with Gasteiger partial charge in [0.15, 0.2) is 0 Å². The van der Waals surface area contributed by atoms with E-state index in [0.29, 0.717) is 18.1 Å². The van der Waals surface area contributed by atoms with Gasteiger partial charge in [0.05, 0.1) is 24.0 Å². The SMILES string of the molecule is CCCCN1C(=O)C(=O)/C(=C(\O)c2cc(OC)ccc2Cl)C1c1ccco1. The number of nitrogens with zero attached hydrogens (tertiary/aromatic N) is 1. The first kappa shape index (κ1) is 19.0. The highest BCUT2D eigenvalue weighted by molar-refractivity contribution is 6.46. The van der Waals surface area contributed by atoms with Gasteiger partial charge in [0.1, 0.15) is 23.3 Å². The summed E-state index contributed by atoms with van der Waals surface area (Å²) in [6, 6.07) is 7.28. The van der Waals surface area contributed by atoms with E-state index in [2.05, 4.69) is 0 Å². The first-order valence-corrected chi connectivity index (χ1v) is 9.03. The highest BCUT2D eigenvalue weighted by atomic mass is 35.5. The standard InChI is InChI=1S/C20H20ClNO5/c1-3-4-9-22-17(15-6-5-10-27-15)16(19(24)20(22)25)18(23)13-11-12(26-2)7-8-14(13)21/h5-8,10-11,17,23H,3-4,9H2,1-2H3/b18-16-. The summed E-state index contributed by atoms with van der Waals surface area (Å²) < 4.78 is 10.6. The maximum Gasteiger partial charge on any atom is 0.295 e. The number of amides is 1. The lowest BCUT2D eigenvalue weighted by Crippen LogP contribution is -2.30. The van der Waals surface area contributed by atoms with E-state index in [9.17, 15) is 14.7 Å². The second kappa shape index (κ2) is 7.88. The highest BCUT2D eigenvalue weighted by Crippen LogP contribution is 2.41. The summed E-state index contributed by atoms with van der Waals surface area (Å²) in [5.41, 5.74) is 0.183. The Morgan fingerprint density at radius 2 is 2.11 bits per heavy atom. The fourth-order valence-corrected chi connectivity index (χ4v) is 3.35. The first-order chi connectivity index (χ1) is 13.0. The zero-order valence-corrected chi connectivity index (χ0v) is 15.8. The monoisotopic (exact) mass is 389 g/mol. The molecule has 6 nitrogen and oxygen atoms in total. The molecule has 27 heavy (non-hydrogen) atoms. The number of aliphatic hydroxyl groups is 1. The Morgan fingerprint density at radius 3 is 2.74 bits per heavy atom. The van der Waals surface area contributed by atoms with Crippen molar-refractivity contribution in [1.82, 2.24) is 4.90 Å². The van der Waals surface area contributed by atoms with Crippen molar-refractivity contribution >= 4 is 29.1 Å². The van der Waals surface area contributed by atoms with Crippen LogP contribution in [-0.2, 0) is 9.59 Å². The van der Waals surface area contributed by atoms with Gasteiger partial charge in [-0.05, 0) is 36.8 Å². The number of Topliss-reactive ketones (excluding diaryl/α,β-unsaturated/α-hetero) is 1. The molecule has 1 aromatic carbocycles. The zero-order valence-electron chi connectivity index (χ0n) is 15.1. The normalized spacial score (nSPS) is 18.9. The number of benzene rings is 1. The van der Waals surface area contributed by atoms with Crippen molar-refractivity contribution in [3.8, 4) is 5.75 Å². The van der Waals surface area contributed by atoms with Gasteiger partial charge in [-0.25, -0.2) is 0 Å². The van der Waals surface area contributed by atoms with Crippen LogP contribution in [0.2, 0.25) is 5.02 Å². The molecule has 2 aromatic rings. The highest BCUT2D eigenvalue weighted by Gasteiger charge is 2.47. The molecule has 0 aliphatic carbocycles. The number of ketones is 1. The van der Waals surface area contributed by atoms with Gasteiger partial charge in [-0.3, -0.25) is 9.59 Å². The Balaban J connectivity index is 2.17. The molecule has 1 aliphatic heterocycles. The van der Waals surface area contributed by atoms with E-state index < -0.39 is 17.7 Å². The van der Waals surface area contributed by atoms with E-state index in [1.807, 2.05) is 6.92 Å². The smallest absolute Gasteiger partial charge is 0.295 e. The van der Waals surface area contributed by atoms with Crippen LogP contribution < -0.4 is 4.74 Å². The topological polar surface area (TPSA) is 80.0 Å². The number of likely N-dealkylation sites (tertiary alicyclic amines) is 1. The summed E-state index contributed by atoms with van der Waals surface area (Å²) in [7, 11) is 1.49. The lowest BCUT2D eigenvalue weighted by molar-refractivity contribution is -0.140. The van der Waals surface area contributed by atoms with Crippen LogP contribution in [-0.4, -0.2) is 35.4 Å². The quantitative estimate of drug-likeness (QED) is 0.455. The van der Waals surface area contributed by atoms with Crippen molar-refractivity contribution in [3.05, 3.63) is 58.5 Å². The zero-order chi connectivity index (χ0) is 19.6. The van der Waals surface area contributed by atoms with Gasteiger partial charge in [0, 0.05) is 12.1 Å². The van der Waals surface area contributed by atoms with Crippen molar-refractivity contribution in [2.24, 2.45) is 0 Å². The van der Waals surface area contributed by atoms with Crippen molar-refractivity contribution < 1.29 is 23.8 Å². The molecular formula is C20H20ClNO5. The molecule has 0 radical (unpaired) electrons. The fourth-order valence-electron chi connectivity index (χ4n) is 3.14. The number of carbonyl (C=O) groups excluding carboxylic acids is 2. The van der Waals surface area contributed by atoms with Gasteiger partial charge in [0.2, 0.25) is 0 Å². The minimum absolute atomic E-state index is 0.0405. The molecule has 0 bridgehead atoms. The average molecular weight is 390 g/mol. The lowest BCUT2D eigenvalue weighted by Gasteiger charge is -2.23. The molecule has 1 fully saturated rings. The number of halogens is 1. The maximum atomic E-state index is 12.7. The third kappa shape index (κ3) is 3.45. The van der Waals surface area contributed by atoms with Gasteiger partial charge in [-0.2, -0.15) is 0 Å². The molecule has 1 saturated heterocycles. The van der Waals surface area contributed by atoms with E-state index in [0.717, 1.165) is 12.8 Å². The van der Waals surface area contributed by atoms with Crippen LogP contribution in [0, 0.1) is 0 Å². The fraction of sp³-hybridized carbons (Fsp3) is 0.300. The number of aliphatic hydroxyl groups excluding tert-OH is 1. The Kier molecular flexibility index (Phi) is 5.56. The number of unbranched alkanes of at least 4 members (excludes halogenated alkanes) is 1. The second-order valence-electron chi connectivity index (χ2n) is 6.21. The Hall–Kier alpha value is -2.73. The molecule has 1 amide bonds. The molecular weight excluding hydrogens is 370 g/mol. The third-order valence-electron chi connectivity index (χ3n) is 4.53. The van der Waals surface area contributed by atoms with Gasteiger partial charge in [0.25, 0.3) is 11.7 Å². The van der Waals surface area contributed by atoms with Crippen molar-refractivity contribution in [1.29, 1.82) is 0 Å². The van der Waals surface area contributed by atoms with Crippen LogP contribution in [0.4, 0.5) is 0 Å². The summed E-state index contributed by atoms with van der Waals surface area (Å²) in [5, 5.41) is 11.2. The van der Waals surface area contributed by atoms with Gasteiger partial charge >= 0.3 is 0 Å². The first-order valence-electron chi connectivity index (χ1n) is 8.65. The van der Waals surface area contributed by atoms with E-state index in [4.69, 9.17) is 20.8 Å². The second-order valence-corrected chi connectivity index (χ2v) is 6.61. The largest absolute Gasteiger partial charge is 0.507 e. The van der Waals surface area contributed by atoms with Crippen molar-refractivity contribution in [3.63, 3.8) is 0 Å². The predicted octanol–water partition coefficient (Wildman–Crippen LogP) is 4.16. The van der Waals surface area contributed by atoms with Crippen LogP contribution in [0.15, 0.2) is 46.6 Å². The van der Waals surface area contributed by atoms with Crippen molar-refractivity contribution in [2.45, 2.75) is 25.8 Å². The Labute approximate surface area is 162 Å². The van der Waals surface area contributed by atoms with E-state index in [-0.39, 0.29) is 21.9 Å². The molecule has 1 unspecified atom stereocenters. The lowest BCUT2D eigenvalue weighted by atomic mass is 9.99. The molecule has 142 valence electrons. The molecule has 2 heterocycles. The molecule has 7 heteroatoms. The summed E-state index contributed by atoms with van der Waals surface area (Å²) in [6.45, 7) is 2.38. The van der Waals surface area contributed by atoms with Crippen LogP contribution in [0.5, 0.6) is 5.75 Å². The van der Waals surface area contributed by atoms with E-state index >= 15 is 0 Å². The molecule has 0 spiro atoms. The molecule has 0 saturated carbocycles. The summed E-state index contributed by atoms with van der Waals surface area (Å²) in [6.07, 6.45) is 3.05. The van der Waals surface area contributed by atoms with Crippen molar-refractivity contribution in [2.75, 3.05) is 13.7 Å².